The minimum Gasteiger partial charge on any atom is -0.507 e. The summed E-state index contributed by atoms with van der Waals surface area (Å²) < 4.78 is 6.56. The second kappa shape index (κ2) is 18.5. The number of nitrogens with one attached hydrogen (secondary N) is 3. The molecule has 1 aromatic rings. The van der Waals surface area contributed by atoms with Crippen LogP contribution in [0.3, 0.4) is 0 Å². The monoisotopic (exact) mass is 554 g/mol. The zero-order valence-corrected chi connectivity index (χ0v) is 25.8. The molecule has 0 aromatic heterocycles. The predicted molar refractivity (Wildman–Crippen MR) is 170 cm³/mol. The number of rotatable bonds is 11. The van der Waals surface area contributed by atoms with Crippen LogP contribution < -0.4 is 20.7 Å². The molecule has 1 aliphatic carbocycles. The largest absolute Gasteiger partial charge is 0.507 e. The predicted octanol–water partition coefficient (Wildman–Crippen LogP) is 5.77. The average Bonchev–Trinajstić information content (AvgIpc) is 2.92. The smallest absolute Gasteiger partial charge is 0.127 e. The van der Waals surface area contributed by atoms with Crippen LogP contribution in [-0.2, 0) is 6.42 Å². The van der Waals surface area contributed by atoms with Gasteiger partial charge in [-0.2, -0.15) is 0 Å². The number of ether oxygens (including phenoxy) is 1. The Morgan fingerprint density at radius 2 is 1.75 bits per heavy atom. The van der Waals surface area contributed by atoms with Crippen LogP contribution in [0.5, 0.6) is 11.5 Å². The number of hydrogen-bond donors (Lipinski definition) is 4. The molecular weight excluding hydrogens is 496 g/mol. The van der Waals surface area contributed by atoms with Crippen LogP contribution in [0.15, 0.2) is 35.9 Å². The van der Waals surface area contributed by atoms with Gasteiger partial charge in [0.25, 0.3) is 0 Å². The van der Waals surface area contributed by atoms with E-state index >= 15 is 0 Å². The third-order valence-electron chi connectivity index (χ3n) is 8.46. The fraction of sp³-hybridized carbons (Fsp3) is 0.706. The molecule has 0 spiro atoms. The molecule has 40 heavy (non-hydrogen) atoms. The van der Waals surface area contributed by atoms with Gasteiger partial charge in [-0.05, 0) is 109 Å². The van der Waals surface area contributed by atoms with E-state index in [0.717, 1.165) is 109 Å². The van der Waals surface area contributed by atoms with E-state index in [1.807, 2.05) is 6.07 Å². The summed E-state index contributed by atoms with van der Waals surface area (Å²) in [5.74, 6) is 1.70. The molecule has 0 radical (unpaired) electrons. The van der Waals surface area contributed by atoms with E-state index < -0.39 is 0 Å². The van der Waals surface area contributed by atoms with Gasteiger partial charge in [0.05, 0.1) is 6.61 Å². The SMILES string of the molecule is C=C(C)C1CCC(C)=CC1c1c(O)cc(CCCCC)cc1OCCCN1CCCNCCNCCCNCC1. The van der Waals surface area contributed by atoms with Crippen LogP contribution in [0.4, 0.5) is 0 Å². The summed E-state index contributed by atoms with van der Waals surface area (Å²) in [6.45, 7) is 21.1. The minimum atomic E-state index is 0.114. The van der Waals surface area contributed by atoms with Crippen molar-refractivity contribution in [3.05, 3.63) is 47.1 Å². The van der Waals surface area contributed by atoms with Crippen molar-refractivity contribution in [1.82, 2.24) is 20.9 Å². The molecular formula is C34H58N4O2. The Kier molecular flexibility index (Phi) is 15.1. The lowest BCUT2D eigenvalue weighted by Crippen LogP contribution is -2.37. The molecule has 2 atom stereocenters. The molecule has 1 fully saturated rings. The van der Waals surface area contributed by atoms with Crippen LogP contribution >= 0.6 is 0 Å². The Balaban J connectivity index is 1.67. The van der Waals surface area contributed by atoms with Crippen LogP contribution in [0.2, 0.25) is 0 Å². The highest BCUT2D eigenvalue weighted by molar-refractivity contribution is 5.52. The standard InChI is InChI=1S/C34H58N4O2/c1-5-6-7-11-29-25-32(39)34(31-24-28(4)12-13-30(31)27(2)3)33(26-29)40-23-10-21-38-20-9-16-36-18-17-35-14-8-15-37-19-22-38/h24-26,30-31,35-37,39H,2,5-23H2,1,3-4H3. The van der Waals surface area contributed by atoms with Crippen LogP contribution in [-0.4, -0.2) is 75.5 Å². The molecule has 4 N–H and O–H groups in total. The lowest BCUT2D eigenvalue weighted by Gasteiger charge is -2.32. The summed E-state index contributed by atoms with van der Waals surface area (Å²) in [6.07, 6.45) is 12.3. The summed E-state index contributed by atoms with van der Waals surface area (Å²) in [5, 5.41) is 22.0. The molecule has 6 heteroatoms. The Morgan fingerprint density at radius 3 is 2.50 bits per heavy atom. The van der Waals surface area contributed by atoms with Crippen molar-refractivity contribution in [2.75, 3.05) is 65.5 Å². The van der Waals surface area contributed by atoms with Gasteiger partial charge in [0.15, 0.2) is 0 Å². The van der Waals surface area contributed by atoms with Crippen molar-refractivity contribution in [2.45, 2.75) is 84.5 Å². The highest BCUT2D eigenvalue weighted by Gasteiger charge is 2.30. The van der Waals surface area contributed by atoms with E-state index in [0.29, 0.717) is 18.3 Å². The summed E-state index contributed by atoms with van der Waals surface area (Å²) in [5.41, 5.74) is 4.71. The van der Waals surface area contributed by atoms with Gasteiger partial charge in [-0.1, -0.05) is 43.6 Å². The van der Waals surface area contributed by atoms with Crippen molar-refractivity contribution < 1.29 is 9.84 Å². The number of phenolic OH excluding ortho intramolecular Hbond substituents is 1. The maximum absolute atomic E-state index is 11.4. The zero-order valence-electron chi connectivity index (χ0n) is 25.8. The van der Waals surface area contributed by atoms with Crippen LogP contribution in [0.1, 0.15) is 89.2 Å². The third kappa shape index (κ3) is 11.2. The van der Waals surface area contributed by atoms with Gasteiger partial charge >= 0.3 is 0 Å². The number of aryl methyl sites for hydroxylation is 1. The molecule has 6 nitrogen and oxygen atoms in total. The van der Waals surface area contributed by atoms with Gasteiger partial charge in [-0.3, -0.25) is 0 Å². The van der Waals surface area contributed by atoms with Gasteiger partial charge in [0.1, 0.15) is 11.5 Å². The minimum absolute atomic E-state index is 0.114. The Labute approximate surface area is 245 Å². The van der Waals surface area contributed by atoms with Crippen LogP contribution in [0, 0.1) is 5.92 Å². The fourth-order valence-corrected chi connectivity index (χ4v) is 6.11. The lowest BCUT2D eigenvalue weighted by atomic mass is 9.73. The first-order valence-corrected chi connectivity index (χ1v) is 16.1. The first-order valence-electron chi connectivity index (χ1n) is 16.1. The fourth-order valence-electron chi connectivity index (χ4n) is 6.11. The number of aromatic hydroxyl groups is 1. The maximum atomic E-state index is 11.4. The number of phenols is 1. The van der Waals surface area contributed by atoms with Crippen molar-refractivity contribution >= 4 is 0 Å². The maximum Gasteiger partial charge on any atom is 0.127 e. The first kappa shape index (κ1) is 32.7. The van der Waals surface area contributed by atoms with Gasteiger partial charge in [0, 0.05) is 44.2 Å². The van der Waals surface area contributed by atoms with Crippen molar-refractivity contribution in [2.24, 2.45) is 5.92 Å². The van der Waals surface area contributed by atoms with Gasteiger partial charge in [-0.15, -0.1) is 0 Å². The highest BCUT2D eigenvalue weighted by Crippen LogP contribution is 2.47. The molecule has 226 valence electrons. The molecule has 2 unspecified atom stereocenters. The second-order valence-electron chi connectivity index (χ2n) is 12.0. The zero-order chi connectivity index (χ0) is 28.6. The first-order chi connectivity index (χ1) is 19.5. The third-order valence-corrected chi connectivity index (χ3v) is 8.46. The molecule has 0 saturated carbocycles. The highest BCUT2D eigenvalue weighted by atomic mass is 16.5. The van der Waals surface area contributed by atoms with Crippen LogP contribution in [0.25, 0.3) is 0 Å². The van der Waals surface area contributed by atoms with Gasteiger partial charge in [-0.25, -0.2) is 0 Å². The van der Waals surface area contributed by atoms with Crippen molar-refractivity contribution in [3.8, 4) is 11.5 Å². The molecule has 0 amide bonds. The molecule has 1 aromatic carbocycles. The molecule has 3 rings (SSSR count). The van der Waals surface area contributed by atoms with Crippen molar-refractivity contribution in [1.29, 1.82) is 0 Å². The summed E-state index contributed by atoms with van der Waals surface area (Å²) in [6, 6.07) is 4.20. The number of unbranched alkanes of at least 4 members (excludes halogenated alkanes) is 2. The quantitative estimate of drug-likeness (QED) is 0.206. The molecule has 0 bridgehead atoms. The van der Waals surface area contributed by atoms with E-state index in [1.165, 1.54) is 36.0 Å². The molecule has 1 aliphatic heterocycles. The Hall–Kier alpha value is -1.86. The van der Waals surface area contributed by atoms with Gasteiger partial charge < -0.3 is 30.7 Å². The Bertz CT molecular complexity index is 901. The normalized spacial score (nSPS) is 22.3. The Morgan fingerprint density at radius 1 is 1.00 bits per heavy atom. The topological polar surface area (TPSA) is 68.8 Å². The molecule has 2 aliphatic rings. The lowest BCUT2D eigenvalue weighted by molar-refractivity contribution is 0.229. The summed E-state index contributed by atoms with van der Waals surface area (Å²) in [4.78, 5) is 2.58. The molecule has 1 saturated heterocycles. The number of allylic oxidation sites excluding steroid dienone is 3. The average molecular weight is 555 g/mol. The number of benzene rings is 1. The summed E-state index contributed by atoms with van der Waals surface area (Å²) >= 11 is 0. The second-order valence-corrected chi connectivity index (χ2v) is 12.0. The number of nitrogens with zero attached hydrogens (tertiary/aromatic N) is 1. The van der Waals surface area contributed by atoms with E-state index in [9.17, 15) is 5.11 Å². The van der Waals surface area contributed by atoms with E-state index in [-0.39, 0.29) is 5.92 Å². The van der Waals surface area contributed by atoms with Gasteiger partial charge in [0.2, 0.25) is 0 Å². The van der Waals surface area contributed by atoms with E-state index in [2.05, 4.69) is 60.3 Å². The van der Waals surface area contributed by atoms with Crippen molar-refractivity contribution in [3.63, 3.8) is 0 Å². The summed E-state index contributed by atoms with van der Waals surface area (Å²) in [7, 11) is 0. The van der Waals surface area contributed by atoms with E-state index in [4.69, 9.17) is 4.74 Å². The number of hydrogen-bond acceptors (Lipinski definition) is 6. The molecule has 1 heterocycles. The van der Waals surface area contributed by atoms with E-state index in [1.54, 1.807) is 0 Å².